The molecule has 0 bridgehead atoms. The van der Waals surface area contributed by atoms with E-state index in [1.165, 1.54) is 20.3 Å². The van der Waals surface area contributed by atoms with Crippen molar-refractivity contribution in [2.45, 2.75) is 18.9 Å². The number of carbonyl (C=O) groups is 2. The third kappa shape index (κ3) is 4.51. The fourth-order valence-corrected chi connectivity index (χ4v) is 1.88. The Morgan fingerprint density at radius 3 is 2.68 bits per heavy atom. The van der Waals surface area contributed by atoms with E-state index in [1.807, 2.05) is 0 Å². The van der Waals surface area contributed by atoms with Gasteiger partial charge in [0.25, 0.3) is 5.91 Å². The van der Waals surface area contributed by atoms with Crippen molar-refractivity contribution >= 4 is 18.0 Å². The molecule has 0 atom stereocenters. The number of ether oxygens (including phenoxy) is 3. The SMILES string of the molecule is COc1cccc(C=CC(=O)OCC(=O)NC2CC2)c1OC. The van der Waals surface area contributed by atoms with E-state index in [9.17, 15) is 9.59 Å². The number of amides is 1. The van der Waals surface area contributed by atoms with E-state index >= 15 is 0 Å². The summed E-state index contributed by atoms with van der Waals surface area (Å²) in [4.78, 5) is 23.0. The summed E-state index contributed by atoms with van der Waals surface area (Å²) in [6.45, 7) is -0.269. The highest BCUT2D eigenvalue weighted by Gasteiger charge is 2.23. The number of benzene rings is 1. The molecule has 0 saturated heterocycles. The van der Waals surface area contributed by atoms with Crippen LogP contribution in [0.2, 0.25) is 0 Å². The standard InChI is InChI=1S/C16H19NO5/c1-20-13-5-3-4-11(16(13)21-2)6-9-15(19)22-10-14(18)17-12-7-8-12/h3-6,9,12H,7-8,10H2,1-2H3,(H,17,18). The second kappa shape index (κ2) is 7.49. The first-order chi connectivity index (χ1) is 10.6. The number of esters is 1. The van der Waals surface area contributed by atoms with Crippen LogP contribution < -0.4 is 14.8 Å². The molecule has 0 unspecified atom stereocenters. The highest BCUT2D eigenvalue weighted by Crippen LogP contribution is 2.31. The minimum absolute atomic E-state index is 0.253. The van der Waals surface area contributed by atoms with Crippen LogP contribution in [-0.2, 0) is 14.3 Å². The van der Waals surface area contributed by atoms with Gasteiger partial charge in [0.2, 0.25) is 0 Å². The maximum Gasteiger partial charge on any atom is 0.331 e. The van der Waals surface area contributed by atoms with Gasteiger partial charge in [-0.25, -0.2) is 4.79 Å². The fourth-order valence-electron chi connectivity index (χ4n) is 1.88. The molecule has 1 aliphatic rings. The maximum atomic E-state index is 11.6. The van der Waals surface area contributed by atoms with Crippen LogP contribution >= 0.6 is 0 Å². The summed E-state index contributed by atoms with van der Waals surface area (Å²) < 4.78 is 15.3. The molecule has 118 valence electrons. The number of hydrogen-bond acceptors (Lipinski definition) is 5. The molecule has 0 radical (unpaired) electrons. The molecule has 6 nitrogen and oxygen atoms in total. The Bertz CT molecular complexity index is 578. The van der Waals surface area contributed by atoms with Gasteiger partial charge >= 0.3 is 5.97 Å². The monoisotopic (exact) mass is 305 g/mol. The Kier molecular flexibility index (Phi) is 5.41. The molecule has 0 aromatic heterocycles. The van der Waals surface area contributed by atoms with Crippen LogP contribution in [-0.4, -0.2) is 38.7 Å². The van der Waals surface area contributed by atoms with Gasteiger partial charge in [-0.05, 0) is 25.0 Å². The van der Waals surface area contributed by atoms with Gasteiger partial charge in [-0.3, -0.25) is 4.79 Å². The number of rotatable bonds is 7. The molecule has 0 aliphatic heterocycles. The highest BCUT2D eigenvalue weighted by atomic mass is 16.5. The van der Waals surface area contributed by atoms with Gasteiger partial charge in [0.15, 0.2) is 18.1 Å². The van der Waals surface area contributed by atoms with E-state index in [-0.39, 0.29) is 18.6 Å². The lowest BCUT2D eigenvalue weighted by Gasteiger charge is -2.09. The molecule has 1 N–H and O–H groups in total. The van der Waals surface area contributed by atoms with Crippen molar-refractivity contribution in [1.82, 2.24) is 5.32 Å². The van der Waals surface area contributed by atoms with Crippen LogP contribution in [0.15, 0.2) is 24.3 Å². The number of hydrogen-bond donors (Lipinski definition) is 1. The first-order valence-corrected chi connectivity index (χ1v) is 6.99. The topological polar surface area (TPSA) is 73.9 Å². The van der Waals surface area contributed by atoms with Gasteiger partial charge in [-0.15, -0.1) is 0 Å². The van der Waals surface area contributed by atoms with Crippen LogP contribution in [0.5, 0.6) is 11.5 Å². The van der Waals surface area contributed by atoms with Gasteiger partial charge in [-0.1, -0.05) is 12.1 Å². The summed E-state index contributed by atoms with van der Waals surface area (Å²) in [6, 6.07) is 5.58. The molecule has 6 heteroatoms. The summed E-state index contributed by atoms with van der Waals surface area (Å²) in [5.41, 5.74) is 0.682. The number of para-hydroxylation sites is 1. The predicted octanol–water partition coefficient (Wildman–Crippen LogP) is 1.54. The quantitative estimate of drug-likeness (QED) is 0.611. The summed E-state index contributed by atoms with van der Waals surface area (Å²) >= 11 is 0. The van der Waals surface area contributed by atoms with E-state index < -0.39 is 5.97 Å². The van der Waals surface area contributed by atoms with Crippen molar-refractivity contribution in [2.75, 3.05) is 20.8 Å². The van der Waals surface area contributed by atoms with Crippen molar-refractivity contribution in [1.29, 1.82) is 0 Å². The Morgan fingerprint density at radius 1 is 1.27 bits per heavy atom. The van der Waals surface area contributed by atoms with Gasteiger partial charge in [-0.2, -0.15) is 0 Å². The number of nitrogens with one attached hydrogen (secondary N) is 1. The Labute approximate surface area is 129 Å². The maximum absolute atomic E-state index is 11.6. The van der Waals surface area contributed by atoms with Crippen LogP contribution in [0.25, 0.3) is 6.08 Å². The zero-order chi connectivity index (χ0) is 15.9. The molecule has 1 amide bonds. The van der Waals surface area contributed by atoms with Crippen LogP contribution in [0.3, 0.4) is 0 Å². The zero-order valence-electron chi connectivity index (χ0n) is 12.6. The van der Waals surface area contributed by atoms with E-state index in [2.05, 4.69) is 5.32 Å². The smallest absolute Gasteiger partial charge is 0.331 e. The van der Waals surface area contributed by atoms with Crippen molar-refractivity contribution in [2.24, 2.45) is 0 Å². The molecular formula is C16H19NO5. The molecule has 0 spiro atoms. The van der Waals surface area contributed by atoms with Crippen molar-refractivity contribution < 1.29 is 23.8 Å². The van der Waals surface area contributed by atoms with Crippen LogP contribution in [0.1, 0.15) is 18.4 Å². The van der Waals surface area contributed by atoms with Crippen molar-refractivity contribution in [3.05, 3.63) is 29.8 Å². The normalized spacial score (nSPS) is 13.7. The van der Waals surface area contributed by atoms with E-state index in [0.717, 1.165) is 12.8 Å². The minimum atomic E-state index is -0.587. The Balaban J connectivity index is 1.90. The molecule has 2 rings (SSSR count). The Hall–Kier alpha value is -2.50. The molecule has 22 heavy (non-hydrogen) atoms. The molecule has 1 fully saturated rings. The van der Waals surface area contributed by atoms with E-state index in [4.69, 9.17) is 14.2 Å². The average Bonchev–Trinajstić information content (AvgIpc) is 3.34. The first kappa shape index (κ1) is 15.9. The van der Waals surface area contributed by atoms with Crippen molar-refractivity contribution in [3.63, 3.8) is 0 Å². The second-order valence-electron chi connectivity index (χ2n) is 4.87. The van der Waals surface area contributed by atoms with Gasteiger partial charge in [0.1, 0.15) is 0 Å². The predicted molar refractivity (Wildman–Crippen MR) is 80.7 cm³/mol. The fraction of sp³-hybridized carbons (Fsp3) is 0.375. The summed E-state index contributed by atoms with van der Waals surface area (Å²) in [7, 11) is 3.06. The summed E-state index contributed by atoms with van der Waals surface area (Å²) in [5.74, 6) is 0.237. The van der Waals surface area contributed by atoms with E-state index in [0.29, 0.717) is 17.1 Å². The highest BCUT2D eigenvalue weighted by molar-refractivity contribution is 5.90. The largest absolute Gasteiger partial charge is 0.493 e. The number of methoxy groups -OCH3 is 2. The minimum Gasteiger partial charge on any atom is -0.493 e. The first-order valence-electron chi connectivity index (χ1n) is 6.99. The van der Waals surface area contributed by atoms with E-state index in [1.54, 1.807) is 24.3 Å². The molecule has 1 saturated carbocycles. The summed E-state index contributed by atoms with van der Waals surface area (Å²) in [6.07, 6.45) is 4.80. The van der Waals surface area contributed by atoms with Gasteiger partial charge in [0.05, 0.1) is 14.2 Å². The third-order valence-corrected chi connectivity index (χ3v) is 3.12. The lowest BCUT2D eigenvalue weighted by Crippen LogP contribution is -2.30. The molecular weight excluding hydrogens is 286 g/mol. The molecule has 1 aromatic carbocycles. The average molecular weight is 305 g/mol. The third-order valence-electron chi connectivity index (χ3n) is 3.12. The molecule has 0 heterocycles. The van der Waals surface area contributed by atoms with Gasteiger partial charge in [0, 0.05) is 17.7 Å². The second-order valence-corrected chi connectivity index (χ2v) is 4.87. The zero-order valence-corrected chi connectivity index (χ0v) is 12.6. The lowest BCUT2D eigenvalue weighted by atomic mass is 10.1. The lowest BCUT2D eigenvalue weighted by molar-refractivity contribution is -0.143. The molecule has 1 aliphatic carbocycles. The van der Waals surface area contributed by atoms with Crippen LogP contribution in [0, 0.1) is 0 Å². The molecule has 1 aromatic rings. The van der Waals surface area contributed by atoms with Crippen molar-refractivity contribution in [3.8, 4) is 11.5 Å². The van der Waals surface area contributed by atoms with Gasteiger partial charge < -0.3 is 19.5 Å². The number of carbonyl (C=O) groups excluding carboxylic acids is 2. The summed E-state index contributed by atoms with van der Waals surface area (Å²) in [5, 5.41) is 2.74. The Morgan fingerprint density at radius 2 is 2.05 bits per heavy atom. The van der Waals surface area contributed by atoms with Crippen LogP contribution in [0.4, 0.5) is 0 Å².